The Morgan fingerprint density at radius 1 is 1.19 bits per heavy atom. The van der Waals surface area contributed by atoms with Gasteiger partial charge in [0, 0.05) is 16.7 Å². The van der Waals surface area contributed by atoms with E-state index in [0.717, 1.165) is 18.7 Å². The molecule has 0 aromatic heterocycles. The van der Waals surface area contributed by atoms with Crippen molar-refractivity contribution < 1.29 is 9.18 Å². The number of anilines is 2. The molecule has 0 unspecified atom stereocenters. The van der Waals surface area contributed by atoms with Gasteiger partial charge >= 0.3 is 0 Å². The third-order valence-corrected chi connectivity index (χ3v) is 3.60. The number of hydrogen-bond donors (Lipinski definition) is 2. The Morgan fingerprint density at radius 3 is 2.67 bits per heavy atom. The number of rotatable bonds is 5. The molecule has 0 fully saturated rings. The van der Waals surface area contributed by atoms with Crippen LogP contribution in [0.5, 0.6) is 0 Å². The molecule has 0 saturated carbocycles. The molecule has 2 aromatic rings. The lowest BCUT2D eigenvalue weighted by Crippen LogP contribution is -2.16. The van der Waals surface area contributed by atoms with Crippen molar-refractivity contribution in [3.05, 3.63) is 58.3 Å². The highest BCUT2D eigenvalue weighted by molar-refractivity contribution is 9.10. The van der Waals surface area contributed by atoms with Crippen molar-refractivity contribution in [3.63, 3.8) is 0 Å². The average molecular weight is 351 g/mol. The van der Waals surface area contributed by atoms with Gasteiger partial charge in [-0.25, -0.2) is 4.39 Å². The quantitative estimate of drug-likeness (QED) is 0.823. The zero-order valence-corrected chi connectivity index (χ0v) is 13.2. The van der Waals surface area contributed by atoms with Crippen LogP contribution in [0.3, 0.4) is 0 Å². The largest absolute Gasteiger partial charge is 0.384 e. The average Bonchev–Trinajstić information content (AvgIpc) is 2.49. The number of halogens is 2. The van der Waals surface area contributed by atoms with Crippen LogP contribution in [-0.2, 0) is 0 Å². The molecule has 1 amide bonds. The second-order valence-electron chi connectivity index (χ2n) is 4.52. The zero-order chi connectivity index (χ0) is 15.2. The molecule has 0 bridgehead atoms. The van der Waals surface area contributed by atoms with Crippen molar-refractivity contribution in [2.75, 3.05) is 17.2 Å². The highest BCUT2D eigenvalue weighted by Crippen LogP contribution is 2.26. The summed E-state index contributed by atoms with van der Waals surface area (Å²) in [5, 5.41) is 5.80. The SMILES string of the molecule is CCCNc1ccccc1C(=O)Nc1c(F)cccc1Br. The van der Waals surface area contributed by atoms with E-state index in [-0.39, 0.29) is 11.6 Å². The maximum atomic E-state index is 13.8. The Kier molecular flexibility index (Phi) is 5.33. The van der Waals surface area contributed by atoms with E-state index in [1.165, 1.54) is 6.07 Å². The summed E-state index contributed by atoms with van der Waals surface area (Å²) in [4.78, 5) is 12.4. The summed E-state index contributed by atoms with van der Waals surface area (Å²) in [7, 11) is 0. The third kappa shape index (κ3) is 3.82. The van der Waals surface area contributed by atoms with E-state index in [2.05, 4.69) is 26.6 Å². The fourth-order valence-electron chi connectivity index (χ4n) is 1.89. The third-order valence-electron chi connectivity index (χ3n) is 2.94. The van der Waals surface area contributed by atoms with Gasteiger partial charge in [0.25, 0.3) is 5.91 Å². The van der Waals surface area contributed by atoms with Gasteiger partial charge in [0.1, 0.15) is 5.82 Å². The minimum atomic E-state index is -0.475. The summed E-state index contributed by atoms with van der Waals surface area (Å²) < 4.78 is 14.3. The Balaban J connectivity index is 2.25. The molecule has 0 aliphatic carbocycles. The first-order valence-corrected chi connectivity index (χ1v) is 7.51. The van der Waals surface area contributed by atoms with Crippen molar-refractivity contribution in [2.45, 2.75) is 13.3 Å². The summed E-state index contributed by atoms with van der Waals surface area (Å²) >= 11 is 3.24. The van der Waals surface area contributed by atoms with Gasteiger partial charge in [0.2, 0.25) is 0 Å². The number of amides is 1. The van der Waals surface area contributed by atoms with Crippen LogP contribution < -0.4 is 10.6 Å². The van der Waals surface area contributed by atoms with Gasteiger partial charge in [-0.2, -0.15) is 0 Å². The summed E-state index contributed by atoms with van der Waals surface area (Å²) in [5.41, 5.74) is 1.37. The van der Waals surface area contributed by atoms with Gasteiger partial charge in [0.05, 0.1) is 11.3 Å². The molecule has 0 atom stereocenters. The molecule has 0 aliphatic rings. The minimum Gasteiger partial charge on any atom is -0.384 e. The molecule has 0 radical (unpaired) electrons. The molecule has 0 spiro atoms. The zero-order valence-electron chi connectivity index (χ0n) is 11.6. The molecule has 21 heavy (non-hydrogen) atoms. The predicted octanol–water partition coefficient (Wildman–Crippen LogP) is 4.66. The summed E-state index contributed by atoms with van der Waals surface area (Å²) in [6, 6.07) is 11.7. The number of benzene rings is 2. The molecule has 0 heterocycles. The van der Waals surface area contributed by atoms with Crippen LogP contribution in [0.1, 0.15) is 23.7 Å². The maximum absolute atomic E-state index is 13.8. The number of hydrogen-bond acceptors (Lipinski definition) is 2. The normalized spacial score (nSPS) is 10.2. The lowest BCUT2D eigenvalue weighted by Gasteiger charge is -2.13. The Hall–Kier alpha value is -1.88. The predicted molar refractivity (Wildman–Crippen MR) is 87.3 cm³/mol. The fourth-order valence-corrected chi connectivity index (χ4v) is 2.33. The molecular weight excluding hydrogens is 335 g/mol. The first-order chi connectivity index (χ1) is 10.1. The van der Waals surface area contributed by atoms with Crippen molar-refractivity contribution >= 4 is 33.2 Å². The molecule has 2 N–H and O–H groups in total. The van der Waals surface area contributed by atoms with Gasteiger partial charge in [-0.05, 0) is 46.6 Å². The first kappa shape index (κ1) is 15.5. The maximum Gasteiger partial charge on any atom is 0.257 e. The fraction of sp³-hybridized carbons (Fsp3) is 0.188. The van der Waals surface area contributed by atoms with Gasteiger partial charge in [-0.3, -0.25) is 4.79 Å². The molecule has 0 saturated heterocycles. The lowest BCUT2D eigenvalue weighted by molar-refractivity contribution is 0.102. The van der Waals surface area contributed by atoms with Crippen LogP contribution in [0.2, 0.25) is 0 Å². The van der Waals surface area contributed by atoms with Crippen molar-refractivity contribution in [2.24, 2.45) is 0 Å². The highest BCUT2D eigenvalue weighted by Gasteiger charge is 2.14. The van der Waals surface area contributed by atoms with Crippen LogP contribution in [0, 0.1) is 5.82 Å². The van der Waals surface area contributed by atoms with Crippen LogP contribution >= 0.6 is 15.9 Å². The van der Waals surface area contributed by atoms with Gasteiger partial charge in [0.15, 0.2) is 0 Å². The number of nitrogens with one attached hydrogen (secondary N) is 2. The Morgan fingerprint density at radius 2 is 1.95 bits per heavy atom. The summed E-state index contributed by atoms with van der Waals surface area (Å²) in [5.74, 6) is -0.822. The molecular formula is C16H16BrFN2O. The van der Waals surface area contributed by atoms with Gasteiger partial charge < -0.3 is 10.6 Å². The molecule has 2 aromatic carbocycles. The smallest absolute Gasteiger partial charge is 0.257 e. The summed E-state index contributed by atoms with van der Waals surface area (Å²) in [6.07, 6.45) is 0.953. The van der Waals surface area contributed by atoms with Crippen molar-refractivity contribution in [1.29, 1.82) is 0 Å². The van der Waals surface area contributed by atoms with Crippen molar-refractivity contribution in [1.82, 2.24) is 0 Å². The first-order valence-electron chi connectivity index (χ1n) is 6.71. The highest BCUT2D eigenvalue weighted by atomic mass is 79.9. The standard InChI is InChI=1S/C16H16BrFN2O/c1-2-10-19-14-9-4-3-6-11(14)16(21)20-15-12(17)7-5-8-13(15)18/h3-9,19H,2,10H2,1H3,(H,20,21). The van der Waals surface area contributed by atoms with Crippen molar-refractivity contribution in [3.8, 4) is 0 Å². The summed E-state index contributed by atoms with van der Waals surface area (Å²) in [6.45, 7) is 2.82. The van der Waals surface area contributed by atoms with E-state index in [9.17, 15) is 9.18 Å². The Bertz CT molecular complexity index is 626. The monoisotopic (exact) mass is 350 g/mol. The van der Waals surface area contributed by atoms with E-state index in [1.807, 2.05) is 19.1 Å². The van der Waals surface area contributed by atoms with Crippen LogP contribution in [0.25, 0.3) is 0 Å². The second-order valence-corrected chi connectivity index (χ2v) is 5.38. The van der Waals surface area contributed by atoms with Crippen LogP contribution in [0.15, 0.2) is 46.9 Å². The molecule has 110 valence electrons. The number of carbonyl (C=O) groups is 1. The van der Waals surface area contributed by atoms with Gasteiger partial charge in [-0.1, -0.05) is 25.1 Å². The minimum absolute atomic E-state index is 0.146. The molecule has 0 aliphatic heterocycles. The Labute approximate surface area is 131 Å². The van der Waals surface area contributed by atoms with E-state index >= 15 is 0 Å². The number of carbonyl (C=O) groups excluding carboxylic acids is 1. The topological polar surface area (TPSA) is 41.1 Å². The van der Waals surface area contributed by atoms with E-state index in [1.54, 1.807) is 24.3 Å². The number of para-hydroxylation sites is 2. The molecule has 2 rings (SSSR count). The van der Waals surface area contributed by atoms with E-state index < -0.39 is 5.82 Å². The van der Waals surface area contributed by atoms with E-state index in [4.69, 9.17) is 0 Å². The second kappa shape index (κ2) is 7.22. The lowest BCUT2D eigenvalue weighted by atomic mass is 10.1. The molecule has 3 nitrogen and oxygen atoms in total. The van der Waals surface area contributed by atoms with E-state index in [0.29, 0.717) is 10.0 Å². The van der Waals surface area contributed by atoms with Crippen LogP contribution in [-0.4, -0.2) is 12.5 Å². The van der Waals surface area contributed by atoms with Crippen LogP contribution in [0.4, 0.5) is 15.8 Å². The molecule has 5 heteroatoms. The van der Waals surface area contributed by atoms with Gasteiger partial charge in [-0.15, -0.1) is 0 Å².